The molecule has 0 aromatic carbocycles. The molecule has 0 N–H and O–H groups in total. The molecule has 0 spiro atoms. The third-order valence-electron chi connectivity index (χ3n) is 2.09. The van der Waals surface area contributed by atoms with Gasteiger partial charge in [0.25, 0.3) is 0 Å². The second kappa shape index (κ2) is 8.99. The Balaban J connectivity index is 0. The van der Waals surface area contributed by atoms with Gasteiger partial charge in [0.1, 0.15) is 0 Å². The van der Waals surface area contributed by atoms with Crippen LogP contribution in [0.1, 0.15) is 41.5 Å². The zero-order valence-electron chi connectivity index (χ0n) is 10.8. The predicted molar refractivity (Wildman–Crippen MR) is 67.2 cm³/mol. The average molecular weight is 310 g/mol. The van der Waals surface area contributed by atoms with Crippen LogP contribution >= 0.6 is 0 Å². The molecule has 0 aliphatic rings. The molecule has 0 fully saturated rings. The molecule has 2 heteroatoms. The van der Waals surface area contributed by atoms with Crippen LogP contribution in [0.4, 0.5) is 4.70 Å². The molecule has 0 amide bonds. The molecule has 0 rings (SSSR count). The largest absolute Gasteiger partial charge is 0.269 e. The molecule has 0 nitrogen and oxygen atoms in total. The standard InChI is InChI=1S/3C4H9.FH.Sn/c3*1-4(2)3;;/h3*4H,1H2,2-3H3;1H;. The van der Waals surface area contributed by atoms with Gasteiger partial charge in [-0.2, -0.15) is 0 Å². The van der Waals surface area contributed by atoms with Crippen LogP contribution in [-0.2, 0) is 0 Å². The molecule has 0 aromatic rings. The van der Waals surface area contributed by atoms with E-state index in [2.05, 4.69) is 41.5 Å². The molecule has 0 heterocycles. The summed E-state index contributed by atoms with van der Waals surface area (Å²) in [7, 11) is 0. The van der Waals surface area contributed by atoms with Gasteiger partial charge in [-0.3, -0.25) is 4.70 Å². The van der Waals surface area contributed by atoms with E-state index in [1.165, 1.54) is 0 Å². The first-order valence-electron chi connectivity index (χ1n) is 5.75. The summed E-state index contributed by atoms with van der Waals surface area (Å²) in [4.78, 5) is 0. The number of hydrogen-bond acceptors (Lipinski definition) is 0. The Labute approximate surface area is 97.0 Å². The molecule has 0 saturated heterocycles. The van der Waals surface area contributed by atoms with E-state index in [0.717, 1.165) is 17.8 Å². The summed E-state index contributed by atoms with van der Waals surface area (Å²) in [5, 5.41) is 0. The van der Waals surface area contributed by atoms with Gasteiger partial charge in [0.15, 0.2) is 0 Å². The van der Waals surface area contributed by atoms with Gasteiger partial charge < -0.3 is 0 Å². The Morgan fingerprint density at radius 3 is 1.00 bits per heavy atom. The van der Waals surface area contributed by atoms with Crippen molar-refractivity contribution in [3.05, 3.63) is 0 Å². The normalized spacial score (nSPS) is 11.6. The van der Waals surface area contributed by atoms with Crippen LogP contribution in [0.2, 0.25) is 13.3 Å². The first kappa shape index (κ1) is 17.1. The van der Waals surface area contributed by atoms with Gasteiger partial charge in [-0.15, -0.1) is 0 Å². The summed E-state index contributed by atoms with van der Waals surface area (Å²) < 4.78 is 4.83. The van der Waals surface area contributed by atoms with Crippen molar-refractivity contribution in [1.82, 2.24) is 0 Å². The third kappa shape index (κ3) is 10.8. The minimum Gasteiger partial charge on any atom is -0.269 e. The smallest absolute Gasteiger partial charge is 0.269 e. The number of hydrogen-bond donors (Lipinski definition) is 0. The second-order valence-corrected chi connectivity index (χ2v) is 13.3. The monoisotopic (exact) mass is 311 g/mol. The van der Waals surface area contributed by atoms with Gasteiger partial charge in [0.2, 0.25) is 0 Å². The summed E-state index contributed by atoms with van der Waals surface area (Å²) in [5.41, 5.74) is 0. The molecule has 1 radical (unpaired) electrons. The van der Waals surface area contributed by atoms with Crippen LogP contribution < -0.4 is 0 Å². The minimum absolute atomic E-state index is 0. The summed E-state index contributed by atoms with van der Waals surface area (Å²) in [6.45, 7) is 14.3. The Hall–Kier alpha value is 0.729. The van der Waals surface area contributed by atoms with E-state index in [9.17, 15) is 0 Å². The zero-order valence-corrected chi connectivity index (χ0v) is 13.6. The van der Waals surface area contributed by atoms with E-state index in [1.807, 2.05) is 0 Å². The fraction of sp³-hybridized carbons (Fsp3) is 1.00. The Bertz CT molecular complexity index is 97.7. The van der Waals surface area contributed by atoms with Crippen LogP contribution in [0.25, 0.3) is 0 Å². The average Bonchev–Trinajstić information content (AvgIpc) is 1.80. The van der Waals surface area contributed by atoms with E-state index < -0.39 is 19.8 Å². The molecule has 0 unspecified atom stereocenters. The second-order valence-electron chi connectivity index (χ2n) is 5.54. The van der Waals surface area contributed by atoms with Crippen molar-refractivity contribution >= 4 is 19.8 Å². The zero-order chi connectivity index (χ0) is 10.4. The topological polar surface area (TPSA) is 0 Å². The van der Waals surface area contributed by atoms with E-state index in [4.69, 9.17) is 0 Å². The minimum atomic E-state index is -0.976. The fourth-order valence-electron chi connectivity index (χ4n) is 1.98. The van der Waals surface area contributed by atoms with Gasteiger partial charge in [-0.25, -0.2) is 0 Å². The molecule has 0 aliphatic heterocycles. The van der Waals surface area contributed by atoms with Gasteiger partial charge in [-0.1, -0.05) is 0 Å². The van der Waals surface area contributed by atoms with Crippen molar-refractivity contribution < 1.29 is 4.70 Å². The summed E-state index contributed by atoms with van der Waals surface area (Å²) in [6, 6.07) is 0. The van der Waals surface area contributed by atoms with E-state index in [1.54, 1.807) is 13.3 Å². The van der Waals surface area contributed by atoms with Gasteiger partial charge >= 0.3 is 92.4 Å². The molecule has 0 atom stereocenters. The SMILES string of the molecule is CC(C)[CH2][Sn]([CH2]C(C)C)[CH2]C(C)C.F. The summed E-state index contributed by atoms with van der Waals surface area (Å²) in [6.07, 6.45) is 0. The third-order valence-corrected chi connectivity index (χ3v) is 14.0. The van der Waals surface area contributed by atoms with E-state index in [0.29, 0.717) is 0 Å². The van der Waals surface area contributed by atoms with Crippen LogP contribution in [0.3, 0.4) is 0 Å². The Morgan fingerprint density at radius 1 is 0.643 bits per heavy atom. The molecule has 0 bridgehead atoms. The number of halogens is 1. The molecular formula is C12H28FSn. The molecule has 0 saturated carbocycles. The van der Waals surface area contributed by atoms with Crippen LogP contribution in [0.15, 0.2) is 0 Å². The molecule has 0 aromatic heterocycles. The van der Waals surface area contributed by atoms with Crippen molar-refractivity contribution in [1.29, 1.82) is 0 Å². The first-order chi connectivity index (χ1) is 5.91. The quantitative estimate of drug-likeness (QED) is 0.629. The summed E-state index contributed by atoms with van der Waals surface area (Å²) in [5.74, 6) is 2.85. The van der Waals surface area contributed by atoms with Gasteiger partial charge in [-0.05, 0) is 0 Å². The van der Waals surface area contributed by atoms with Crippen molar-refractivity contribution in [3.63, 3.8) is 0 Å². The van der Waals surface area contributed by atoms with Crippen LogP contribution in [0.5, 0.6) is 0 Å². The van der Waals surface area contributed by atoms with Crippen molar-refractivity contribution in [2.75, 3.05) is 0 Å². The van der Waals surface area contributed by atoms with Crippen molar-refractivity contribution in [2.45, 2.75) is 54.9 Å². The molecular weight excluding hydrogens is 282 g/mol. The van der Waals surface area contributed by atoms with Crippen molar-refractivity contribution in [2.24, 2.45) is 17.8 Å². The molecule has 14 heavy (non-hydrogen) atoms. The van der Waals surface area contributed by atoms with Crippen molar-refractivity contribution in [3.8, 4) is 0 Å². The van der Waals surface area contributed by atoms with Gasteiger partial charge in [0, 0.05) is 0 Å². The summed E-state index contributed by atoms with van der Waals surface area (Å²) >= 11 is -0.976. The molecule has 0 aliphatic carbocycles. The maximum absolute atomic E-state index is 2.39. The molecule has 87 valence electrons. The maximum atomic E-state index is 2.39. The predicted octanol–water partition coefficient (Wildman–Crippen LogP) is 4.60. The van der Waals surface area contributed by atoms with E-state index in [-0.39, 0.29) is 4.70 Å². The van der Waals surface area contributed by atoms with Crippen LogP contribution in [0, 0.1) is 17.8 Å². The number of rotatable bonds is 6. The van der Waals surface area contributed by atoms with E-state index >= 15 is 0 Å². The first-order valence-corrected chi connectivity index (χ1v) is 11.8. The van der Waals surface area contributed by atoms with Gasteiger partial charge in [0.05, 0.1) is 0 Å². The Kier molecular flexibility index (Phi) is 11.0. The Morgan fingerprint density at radius 2 is 0.857 bits per heavy atom. The fourth-order valence-corrected chi connectivity index (χ4v) is 13.3. The maximum Gasteiger partial charge on any atom is -0.269 e. The van der Waals surface area contributed by atoms with Crippen LogP contribution in [-0.4, -0.2) is 19.8 Å².